The number of anilines is 1. The fourth-order valence-corrected chi connectivity index (χ4v) is 2.05. The summed E-state index contributed by atoms with van der Waals surface area (Å²) in [5.41, 5.74) is 0.442. The van der Waals surface area contributed by atoms with Crippen molar-refractivity contribution in [3.8, 4) is 0 Å². The van der Waals surface area contributed by atoms with Crippen LogP contribution in [0, 0.1) is 11.7 Å². The molecule has 0 bridgehead atoms. The van der Waals surface area contributed by atoms with Gasteiger partial charge in [-0.1, -0.05) is 0 Å². The number of hydrogen-bond acceptors (Lipinski definition) is 3. The number of aromatic carboxylic acids is 1. The van der Waals surface area contributed by atoms with Gasteiger partial charge in [0.1, 0.15) is 5.82 Å². The van der Waals surface area contributed by atoms with Gasteiger partial charge in [-0.15, -0.1) is 0 Å². The molecule has 2 N–H and O–H groups in total. The molecule has 0 atom stereocenters. The van der Waals surface area contributed by atoms with Crippen LogP contribution in [0.3, 0.4) is 0 Å². The number of nitrogens with one attached hydrogen (secondary N) is 1. The Hall–Kier alpha value is -1.62. The summed E-state index contributed by atoms with van der Waals surface area (Å²) in [5.74, 6) is -1.18. The number of halogens is 1. The van der Waals surface area contributed by atoms with E-state index in [9.17, 15) is 9.18 Å². The number of carbonyl (C=O) groups is 1. The Morgan fingerprint density at radius 3 is 2.83 bits per heavy atom. The summed E-state index contributed by atoms with van der Waals surface area (Å²) in [6.07, 6.45) is 1.94. The first-order chi connectivity index (χ1) is 8.66. The third kappa shape index (κ3) is 3.20. The summed E-state index contributed by atoms with van der Waals surface area (Å²) < 4.78 is 18.3. The zero-order chi connectivity index (χ0) is 13.0. The van der Waals surface area contributed by atoms with Crippen LogP contribution in [0.2, 0.25) is 0 Å². The largest absolute Gasteiger partial charge is 0.478 e. The topological polar surface area (TPSA) is 58.6 Å². The van der Waals surface area contributed by atoms with E-state index in [0.29, 0.717) is 18.2 Å². The molecule has 1 heterocycles. The van der Waals surface area contributed by atoms with Gasteiger partial charge in [0.15, 0.2) is 0 Å². The van der Waals surface area contributed by atoms with Crippen LogP contribution in [0.1, 0.15) is 23.2 Å². The lowest BCUT2D eigenvalue weighted by molar-refractivity contribution is 0.0688. The molecule has 1 saturated heterocycles. The van der Waals surface area contributed by atoms with Crippen LogP contribution in [0.15, 0.2) is 18.2 Å². The van der Waals surface area contributed by atoms with Gasteiger partial charge >= 0.3 is 5.97 Å². The highest BCUT2D eigenvalue weighted by Gasteiger charge is 2.16. The van der Waals surface area contributed by atoms with Gasteiger partial charge in [-0.25, -0.2) is 9.18 Å². The van der Waals surface area contributed by atoms with E-state index in [1.54, 1.807) is 0 Å². The number of benzene rings is 1. The Bertz CT molecular complexity index is 430. The lowest BCUT2D eigenvalue weighted by atomic mass is 10.00. The third-order valence-corrected chi connectivity index (χ3v) is 3.13. The molecule has 2 rings (SSSR count). The molecule has 1 aliphatic heterocycles. The fraction of sp³-hybridized carbons (Fsp3) is 0.462. The Kier molecular flexibility index (Phi) is 4.15. The van der Waals surface area contributed by atoms with Crippen LogP contribution in [0.5, 0.6) is 0 Å². The molecule has 1 fully saturated rings. The molecule has 0 radical (unpaired) electrons. The standard InChI is InChI=1S/C13H16FNO3/c14-10-1-2-12(11(7-10)13(16)17)15-8-9-3-5-18-6-4-9/h1-2,7,9,15H,3-6,8H2,(H,16,17). The van der Waals surface area contributed by atoms with Crippen molar-refractivity contribution in [3.63, 3.8) is 0 Å². The van der Waals surface area contributed by atoms with Crippen LogP contribution in [-0.4, -0.2) is 30.8 Å². The number of hydrogen-bond donors (Lipinski definition) is 2. The van der Waals surface area contributed by atoms with Crippen molar-refractivity contribution >= 4 is 11.7 Å². The Labute approximate surface area is 105 Å². The summed E-state index contributed by atoms with van der Waals surface area (Å²) in [4.78, 5) is 11.0. The van der Waals surface area contributed by atoms with E-state index in [2.05, 4.69) is 5.32 Å². The van der Waals surface area contributed by atoms with Crippen molar-refractivity contribution in [1.82, 2.24) is 0 Å². The number of carboxylic acids is 1. The summed E-state index contributed by atoms with van der Waals surface area (Å²) in [7, 11) is 0. The van der Waals surface area contributed by atoms with Crippen molar-refractivity contribution in [3.05, 3.63) is 29.6 Å². The summed E-state index contributed by atoms with van der Waals surface area (Å²) in [6.45, 7) is 2.19. The van der Waals surface area contributed by atoms with E-state index in [0.717, 1.165) is 32.1 Å². The van der Waals surface area contributed by atoms with Crippen molar-refractivity contribution in [2.75, 3.05) is 25.1 Å². The van der Waals surface area contributed by atoms with E-state index in [1.165, 1.54) is 12.1 Å². The van der Waals surface area contributed by atoms with E-state index in [1.807, 2.05) is 0 Å². The van der Waals surface area contributed by atoms with Crippen LogP contribution in [0.25, 0.3) is 0 Å². The van der Waals surface area contributed by atoms with Gasteiger partial charge in [0.25, 0.3) is 0 Å². The second-order valence-corrected chi connectivity index (χ2v) is 4.43. The van der Waals surface area contributed by atoms with Gasteiger partial charge < -0.3 is 15.2 Å². The van der Waals surface area contributed by atoms with Gasteiger partial charge in [0.05, 0.1) is 5.56 Å². The maximum Gasteiger partial charge on any atom is 0.337 e. The maximum atomic E-state index is 13.0. The monoisotopic (exact) mass is 253 g/mol. The summed E-state index contributed by atoms with van der Waals surface area (Å²) in [5, 5.41) is 12.1. The normalized spacial score (nSPS) is 16.5. The second-order valence-electron chi connectivity index (χ2n) is 4.43. The predicted octanol–water partition coefficient (Wildman–Crippen LogP) is 2.36. The fourth-order valence-electron chi connectivity index (χ4n) is 2.05. The van der Waals surface area contributed by atoms with Crippen molar-refractivity contribution in [1.29, 1.82) is 0 Å². The molecule has 0 spiro atoms. The molecule has 18 heavy (non-hydrogen) atoms. The van der Waals surface area contributed by atoms with Crippen LogP contribution in [-0.2, 0) is 4.74 Å². The molecule has 1 aromatic carbocycles. The number of rotatable bonds is 4. The molecule has 0 unspecified atom stereocenters. The Balaban J connectivity index is 2.01. The molecule has 1 aromatic rings. The van der Waals surface area contributed by atoms with Crippen LogP contribution < -0.4 is 5.32 Å². The molecular formula is C13H16FNO3. The van der Waals surface area contributed by atoms with Gasteiger partial charge in [-0.3, -0.25) is 0 Å². The van der Waals surface area contributed by atoms with E-state index in [4.69, 9.17) is 9.84 Å². The smallest absolute Gasteiger partial charge is 0.337 e. The highest BCUT2D eigenvalue weighted by molar-refractivity contribution is 5.94. The minimum absolute atomic E-state index is 0.0259. The first-order valence-corrected chi connectivity index (χ1v) is 6.01. The zero-order valence-corrected chi connectivity index (χ0v) is 9.99. The van der Waals surface area contributed by atoms with Gasteiger partial charge in [0, 0.05) is 25.4 Å². The molecule has 0 saturated carbocycles. The van der Waals surface area contributed by atoms with E-state index in [-0.39, 0.29) is 5.56 Å². The van der Waals surface area contributed by atoms with Crippen molar-refractivity contribution in [2.45, 2.75) is 12.8 Å². The average molecular weight is 253 g/mol. The molecule has 0 aromatic heterocycles. The number of ether oxygens (including phenoxy) is 1. The Morgan fingerprint density at radius 2 is 2.17 bits per heavy atom. The summed E-state index contributed by atoms with van der Waals surface area (Å²) >= 11 is 0. The summed E-state index contributed by atoms with van der Waals surface area (Å²) in [6, 6.07) is 3.77. The highest BCUT2D eigenvalue weighted by Crippen LogP contribution is 2.20. The molecule has 0 aliphatic carbocycles. The first kappa shape index (κ1) is 12.8. The lowest BCUT2D eigenvalue weighted by Crippen LogP contribution is -2.23. The zero-order valence-electron chi connectivity index (χ0n) is 9.99. The van der Waals surface area contributed by atoms with Crippen LogP contribution >= 0.6 is 0 Å². The van der Waals surface area contributed by atoms with Gasteiger partial charge in [0.2, 0.25) is 0 Å². The van der Waals surface area contributed by atoms with Crippen LogP contribution in [0.4, 0.5) is 10.1 Å². The predicted molar refractivity (Wildman–Crippen MR) is 65.4 cm³/mol. The molecule has 5 heteroatoms. The van der Waals surface area contributed by atoms with E-state index < -0.39 is 11.8 Å². The van der Waals surface area contributed by atoms with E-state index >= 15 is 0 Å². The molecule has 4 nitrogen and oxygen atoms in total. The lowest BCUT2D eigenvalue weighted by Gasteiger charge is -2.23. The molecular weight excluding hydrogens is 237 g/mol. The van der Waals surface area contributed by atoms with Crippen molar-refractivity contribution < 1.29 is 19.0 Å². The second kappa shape index (κ2) is 5.82. The highest BCUT2D eigenvalue weighted by atomic mass is 19.1. The molecule has 1 aliphatic rings. The quantitative estimate of drug-likeness (QED) is 0.864. The minimum atomic E-state index is -1.12. The maximum absolute atomic E-state index is 13.0. The molecule has 0 amide bonds. The van der Waals surface area contributed by atoms with Crippen molar-refractivity contribution in [2.24, 2.45) is 5.92 Å². The van der Waals surface area contributed by atoms with Gasteiger partial charge in [-0.05, 0) is 37.0 Å². The third-order valence-electron chi connectivity index (χ3n) is 3.13. The minimum Gasteiger partial charge on any atom is -0.478 e. The molecule has 98 valence electrons. The first-order valence-electron chi connectivity index (χ1n) is 6.01. The number of carboxylic acid groups (broad SMARTS) is 1. The average Bonchev–Trinajstić information content (AvgIpc) is 2.38. The van der Waals surface area contributed by atoms with Gasteiger partial charge in [-0.2, -0.15) is 0 Å². The SMILES string of the molecule is O=C(O)c1cc(F)ccc1NCC1CCOCC1. The Morgan fingerprint density at radius 1 is 1.44 bits per heavy atom.